The molecular formula is C71H142N2O7P+. The van der Waals surface area contributed by atoms with Gasteiger partial charge in [0.1, 0.15) is 19.3 Å². The molecule has 0 heterocycles. The summed E-state index contributed by atoms with van der Waals surface area (Å²) < 4.78 is 30.8. The summed E-state index contributed by atoms with van der Waals surface area (Å²) >= 11 is 0. The third kappa shape index (κ3) is 63.1. The number of hydrogen-bond donors (Lipinski definition) is 2. The largest absolute Gasteiger partial charge is 0.472 e. The zero-order valence-corrected chi connectivity index (χ0v) is 56.2. The lowest BCUT2D eigenvalue weighted by atomic mass is 10.0. The van der Waals surface area contributed by atoms with Crippen molar-refractivity contribution < 1.29 is 37.3 Å². The van der Waals surface area contributed by atoms with Crippen LogP contribution in [0.4, 0.5) is 0 Å². The van der Waals surface area contributed by atoms with E-state index in [1.165, 1.54) is 289 Å². The van der Waals surface area contributed by atoms with Crippen molar-refractivity contribution in [3.8, 4) is 0 Å². The summed E-state index contributed by atoms with van der Waals surface area (Å²) in [5, 5.41) is 3.08. The fourth-order valence-corrected chi connectivity index (χ4v) is 11.9. The minimum absolute atomic E-state index is 0.0460. The van der Waals surface area contributed by atoms with Gasteiger partial charge in [-0.05, 0) is 31.8 Å². The number of ether oxygens (including phenoxy) is 1. The van der Waals surface area contributed by atoms with Crippen molar-refractivity contribution >= 4 is 19.7 Å². The second-order valence-corrected chi connectivity index (χ2v) is 27.6. The first-order chi connectivity index (χ1) is 39.4. The Bertz CT molecular complexity index is 1390. The van der Waals surface area contributed by atoms with Gasteiger partial charge < -0.3 is 19.4 Å². The molecule has 81 heavy (non-hydrogen) atoms. The number of likely N-dealkylation sites (N-methyl/N-ethyl adjacent to an activating group) is 1. The van der Waals surface area contributed by atoms with E-state index < -0.39 is 20.0 Å². The van der Waals surface area contributed by atoms with Crippen LogP contribution in [-0.2, 0) is 27.9 Å². The number of phosphoric ester groups is 1. The van der Waals surface area contributed by atoms with Crippen LogP contribution in [0, 0.1) is 0 Å². The molecule has 0 saturated carbocycles. The number of esters is 1. The van der Waals surface area contributed by atoms with E-state index in [0.717, 1.165) is 57.8 Å². The normalized spacial score (nSPS) is 13.5. The van der Waals surface area contributed by atoms with E-state index in [1.54, 1.807) is 0 Å². The number of phosphoric acid groups is 1. The molecule has 3 unspecified atom stereocenters. The van der Waals surface area contributed by atoms with Crippen LogP contribution in [0.25, 0.3) is 0 Å². The van der Waals surface area contributed by atoms with Gasteiger partial charge >= 0.3 is 13.8 Å². The van der Waals surface area contributed by atoms with E-state index in [2.05, 4.69) is 26.1 Å². The summed E-state index contributed by atoms with van der Waals surface area (Å²) in [6, 6.07) is -0.840. The molecule has 10 heteroatoms. The molecule has 0 rings (SSSR count). The van der Waals surface area contributed by atoms with Crippen molar-refractivity contribution in [1.82, 2.24) is 5.32 Å². The fourth-order valence-electron chi connectivity index (χ4n) is 11.2. The number of unbranched alkanes of at least 4 members (excludes halogenated alkanes) is 51. The van der Waals surface area contributed by atoms with Gasteiger partial charge in [0.2, 0.25) is 5.91 Å². The molecule has 0 aromatic heterocycles. The number of nitrogens with zero attached hydrogens (tertiary/aromatic N) is 1. The predicted octanol–water partition coefficient (Wildman–Crippen LogP) is 22.7. The van der Waals surface area contributed by atoms with Crippen LogP contribution < -0.4 is 5.32 Å². The van der Waals surface area contributed by atoms with Crippen molar-refractivity contribution in [3.63, 3.8) is 0 Å². The molecule has 3 atom stereocenters. The van der Waals surface area contributed by atoms with Crippen molar-refractivity contribution in [2.45, 2.75) is 392 Å². The average molecular weight is 1170 g/mol. The number of hydrogen-bond acceptors (Lipinski definition) is 6. The summed E-state index contributed by atoms with van der Waals surface area (Å²) in [5.41, 5.74) is 0. The molecule has 0 aromatic rings. The van der Waals surface area contributed by atoms with Crippen LogP contribution in [-0.4, -0.2) is 74.3 Å². The number of rotatable bonds is 67. The molecule has 0 spiro atoms. The molecule has 0 radical (unpaired) electrons. The maximum Gasteiger partial charge on any atom is 0.472 e. The van der Waals surface area contributed by atoms with Gasteiger partial charge in [-0.25, -0.2) is 4.57 Å². The second-order valence-electron chi connectivity index (χ2n) is 26.1. The van der Waals surface area contributed by atoms with Gasteiger partial charge in [0.25, 0.3) is 0 Å². The smallest absolute Gasteiger partial charge is 0.456 e. The number of quaternary nitrogens is 1. The van der Waals surface area contributed by atoms with Crippen LogP contribution in [0.5, 0.6) is 0 Å². The van der Waals surface area contributed by atoms with Gasteiger partial charge in [0.05, 0.1) is 33.8 Å². The molecule has 482 valence electrons. The van der Waals surface area contributed by atoms with E-state index in [4.69, 9.17) is 13.8 Å². The summed E-state index contributed by atoms with van der Waals surface area (Å²) in [4.78, 5) is 37.9. The van der Waals surface area contributed by atoms with Crippen molar-refractivity contribution in [3.05, 3.63) is 12.2 Å². The Morgan fingerprint density at radius 2 is 0.704 bits per heavy atom. The molecular weight excluding hydrogens is 1020 g/mol. The standard InChI is InChI=1S/C71H141N2O7P/c1-7-10-13-16-19-22-25-27-29-31-33-35-36-38-39-41-43-45-48-51-54-57-60-63-70(74)72-68(67-79-81(76,77)78-66-65-73(4,5)6)69(62-59-56-53-50-47-24-21-18-15-12-9-3)80-71(75)64-61-58-55-52-49-46-44-42-40-37-34-32-30-28-26-23-20-17-14-11-8-2/h59,62,68-69H,7-58,60-61,63-67H2,1-6H3,(H-,72,74,76,77)/p+1/b62-59+. The highest BCUT2D eigenvalue weighted by Crippen LogP contribution is 2.43. The van der Waals surface area contributed by atoms with Gasteiger partial charge in [0, 0.05) is 12.8 Å². The predicted molar refractivity (Wildman–Crippen MR) is 351 cm³/mol. The molecule has 2 N–H and O–H groups in total. The lowest BCUT2D eigenvalue weighted by molar-refractivity contribution is -0.870. The van der Waals surface area contributed by atoms with Crippen molar-refractivity contribution in [2.75, 3.05) is 40.9 Å². The molecule has 0 aliphatic heterocycles. The average Bonchev–Trinajstić information content (AvgIpc) is 3.43. The molecule has 1 amide bonds. The summed E-state index contributed by atoms with van der Waals surface area (Å²) in [6.07, 6.45) is 73.7. The van der Waals surface area contributed by atoms with Crippen LogP contribution in [0.3, 0.4) is 0 Å². The van der Waals surface area contributed by atoms with E-state index in [9.17, 15) is 19.0 Å². The Labute approximate surface area is 505 Å². The molecule has 0 aliphatic carbocycles. The maximum absolute atomic E-state index is 13.6. The monoisotopic (exact) mass is 1170 g/mol. The lowest BCUT2D eigenvalue weighted by Gasteiger charge is -2.27. The first kappa shape index (κ1) is 79.8. The summed E-state index contributed by atoms with van der Waals surface area (Å²) in [5.74, 6) is -0.477. The number of carbonyl (C=O) groups is 2. The number of nitrogens with one attached hydrogen (secondary N) is 1. The van der Waals surface area contributed by atoms with Gasteiger partial charge in [-0.2, -0.15) is 0 Å². The third-order valence-electron chi connectivity index (χ3n) is 16.7. The first-order valence-corrected chi connectivity index (χ1v) is 37.5. The van der Waals surface area contributed by atoms with Gasteiger partial charge in [-0.3, -0.25) is 18.6 Å². The zero-order chi connectivity index (χ0) is 59.3. The SMILES string of the molecule is CCCCCCCCCCC/C=C/C(OC(=O)CCCCCCCCCCCCCCCCCCCCCCC)C(COP(=O)(O)OCC[N+](C)(C)C)NC(=O)CCCCCCCCCCCCCCCCCCCCCCCCC. The van der Waals surface area contributed by atoms with Crippen LogP contribution >= 0.6 is 7.82 Å². The van der Waals surface area contributed by atoms with Crippen LogP contribution in [0.15, 0.2) is 12.2 Å². The van der Waals surface area contributed by atoms with Crippen LogP contribution in [0.1, 0.15) is 380 Å². The lowest BCUT2D eigenvalue weighted by Crippen LogP contribution is -2.47. The van der Waals surface area contributed by atoms with E-state index >= 15 is 0 Å². The maximum atomic E-state index is 13.6. The molecule has 0 saturated heterocycles. The Kier molecular flexibility index (Phi) is 60.9. The summed E-state index contributed by atoms with van der Waals surface area (Å²) in [7, 11) is 1.52. The molecule has 0 aromatic carbocycles. The highest BCUT2D eigenvalue weighted by Gasteiger charge is 2.30. The number of allylic oxidation sites excluding steroid dienone is 1. The topological polar surface area (TPSA) is 111 Å². The van der Waals surface area contributed by atoms with Crippen molar-refractivity contribution in [1.29, 1.82) is 0 Å². The molecule has 0 aliphatic rings. The minimum Gasteiger partial charge on any atom is -0.456 e. The Morgan fingerprint density at radius 1 is 0.420 bits per heavy atom. The highest BCUT2D eigenvalue weighted by molar-refractivity contribution is 7.47. The van der Waals surface area contributed by atoms with E-state index in [0.29, 0.717) is 23.9 Å². The van der Waals surface area contributed by atoms with E-state index in [1.807, 2.05) is 33.3 Å². The zero-order valence-electron chi connectivity index (χ0n) is 55.3. The molecule has 0 fully saturated rings. The Balaban J connectivity index is 4.97. The van der Waals surface area contributed by atoms with Gasteiger partial charge in [-0.15, -0.1) is 0 Å². The minimum atomic E-state index is -4.44. The highest BCUT2D eigenvalue weighted by atomic mass is 31.2. The summed E-state index contributed by atoms with van der Waals surface area (Å²) in [6.45, 7) is 7.09. The fraction of sp³-hybridized carbons (Fsp3) is 0.944. The first-order valence-electron chi connectivity index (χ1n) is 36.0. The quantitative estimate of drug-likeness (QED) is 0.0205. The Morgan fingerprint density at radius 3 is 1.01 bits per heavy atom. The Hall–Kier alpha value is -1.25. The molecule has 9 nitrogen and oxygen atoms in total. The second kappa shape index (κ2) is 61.8. The van der Waals surface area contributed by atoms with Crippen LogP contribution in [0.2, 0.25) is 0 Å². The van der Waals surface area contributed by atoms with Gasteiger partial charge in [-0.1, -0.05) is 348 Å². The van der Waals surface area contributed by atoms with Gasteiger partial charge in [0.15, 0.2) is 0 Å². The van der Waals surface area contributed by atoms with Crippen molar-refractivity contribution in [2.24, 2.45) is 0 Å². The molecule has 0 bridgehead atoms. The van der Waals surface area contributed by atoms with E-state index in [-0.39, 0.29) is 25.1 Å². The number of amides is 1. The third-order valence-corrected chi connectivity index (χ3v) is 17.7. The number of carbonyl (C=O) groups excluding carboxylic acids is 2.